The number of alkyl carbamates (subject to hydrolysis) is 1. The van der Waals surface area contributed by atoms with Crippen molar-refractivity contribution in [1.82, 2.24) is 9.88 Å². The van der Waals surface area contributed by atoms with E-state index in [9.17, 15) is 19.5 Å². The number of ether oxygens (including phenoxy) is 1. The van der Waals surface area contributed by atoms with Gasteiger partial charge in [0.2, 0.25) is 5.43 Å². The van der Waals surface area contributed by atoms with Crippen molar-refractivity contribution in [1.29, 1.82) is 0 Å². The van der Waals surface area contributed by atoms with E-state index in [4.69, 9.17) is 4.74 Å². The Kier molecular flexibility index (Phi) is 5.58. The van der Waals surface area contributed by atoms with E-state index in [1.165, 1.54) is 9.47 Å². The van der Waals surface area contributed by atoms with Gasteiger partial charge in [0.25, 0.3) is 0 Å². The summed E-state index contributed by atoms with van der Waals surface area (Å²) < 4.78 is 37.6. The van der Waals surface area contributed by atoms with Gasteiger partial charge in [-0.15, -0.1) is 0 Å². The molecule has 1 saturated heterocycles. The lowest BCUT2D eigenvalue weighted by Gasteiger charge is -2.24. The van der Waals surface area contributed by atoms with Crippen LogP contribution in [-0.4, -0.2) is 46.5 Å². The summed E-state index contributed by atoms with van der Waals surface area (Å²) in [6.45, 7) is 7.52. The van der Waals surface area contributed by atoms with E-state index in [0.717, 1.165) is 12.3 Å². The van der Waals surface area contributed by atoms with E-state index in [-0.39, 0.29) is 41.6 Å². The molecule has 0 radical (unpaired) electrons. The van der Waals surface area contributed by atoms with Gasteiger partial charge >= 0.3 is 12.1 Å². The van der Waals surface area contributed by atoms with Gasteiger partial charge in [-0.3, -0.25) is 4.79 Å². The fourth-order valence-corrected chi connectivity index (χ4v) is 4.31. The Morgan fingerprint density at radius 1 is 1.21 bits per heavy atom. The Morgan fingerprint density at radius 3 is 2.45 bits per heavy atom. The first kappa shape index (κ1) is 23.0. The number of carboxylic acid groups (broad SMARTS) is 1. The number of fused-ring (bicyclic) bond motifs is 1. The SMILES string of the molecule is C[C@@H]1CN(c2c(F)cc3c(=O)c(C(=O)O)cn(C4CC4)c3c2F)C[C@@H]1NC(=O)OC(C)(C)C. The van der Waals surface area contributed by atoms with Gasteiger partial charge in [0, 0.05) is 25.3 Å². The number of aromatic carboxylic acids is 1. The van der Waals surface area contributed by atoms with Gasteiger partial charge < -0.3 is 24.6 Å². The minimum Gasteiger partial charge on any atom is -0.477 e. The number of carbonyl (C=O) groups excluding carboxylic acids is 1. The number of carboxylic acids is 1. The summed E-state index contributed by atoms with van der Waals surface area (Å²) >= 11 is 0. The molecule has 2 atom stereocenters. The standard InChI is InChI=1S/C23H27F2N3O5/c1-11-8-27(10-16(11)26-22(32)33-23(2,3)4)19-15(24)7-13-18(17(19)25)28(12-5-6-12)9-14(20(13)29)21(30)31/h7,9,11-12,16H,5-6,8,10H2,1-4H3,(H,26,32)(H,30,31)/t11-,16+/m1/s1. The summed E-state index contributed by atoms with van der Waals surface area (Å²) in [7, 11) is 0. The highest BCUT2D eigenvalue weighted by atomic mass is 19.1. The zero-order valence-electron chi connectivity index (χ0n) is 18.9. The van der Waals surface area contributed by atoms with Crippen LogP contribution in [0.2, 0.25) is 0 Å². The zero-order chi connectivity index (χ0) is 24.2. The molecule has 4 rings (SSSR count). The second-order valence-electron chi connectivity index (χ2n) is 9.87. The normalized spacial score (nSPS) is 20.8. The molecule has 2 fully saturated rings. The largest absolute Gasteiger partial charge is 0.477 e. The molecule has 1 saturated carbocycles. The van der Waals surface area contributed by atoms with Crippen molar-refractivity contribution in [3.05, 3.63) is 39.7 Å². The molecule has 0 spiro atoms. The molecule has 2 N–H and O–H groups in total. The maximum absolute atomic E-state index is 15.8. The van der Waals surface area contributed by atoms with Crippen LogP contribution in [0.3, 0.4) is 0 Å². The van der Waals surface area contributed by atoms with E-state index in [1.807, 2.05) is 6.92 Å². The number of aromatic nitrogens is 1. The number of nitrogens with zero attached hydrogens (tertiary/aromatic N) is 2. The number of pyridine rings is 1. The zero-order valence-corrected chi connectivity index (χ0v) is 18.9. The smallest absolute Gasteiger partial charge is 0.407 e. The van der Waals surface area contributed by atoms with Crippen LogP contribution in [0, 0.1) is 17.6 Å². The summed E-state index contributed by atoms with van der Waals surface area (Å²) in [6.07, 6.45) is 1.97. The molecule has 8 nitrogen and oxygen atoms in total. The van der Waals surface area contributed by atoms with Crippen LogP contribution in [0.25, 0.3) is 10.9 Å². The molecule has 10 heteroatoms. The number of carbonyl (C=O) groups is 2. The molecule has 1 amide bonds. The topological polar surface area (TPSA) is 101 Å². The van der Waals surface area contributed by atoms with E-state index in [0.29, 0.717) is 12.8 Å². The van der Waals surface area contributed by atoms with Gasteiger partial charge in [-0.05, 0) is 45.6 Å². The number of nitrogens with one attached hydrogen (secondary N) is 1. The summed E-state index contributed by atoms with van der Waals surface area (Å²) in [4.78, 5) is 37.8. The Hall–Kier alpha value is -3.17. The Morgan fingerprint density at radius 2 is 1.88 bits per heavy atom. The fraction of sp³-hybridized carbons (Fsp3) is 0.522. The Bertz CT molecular complexity index is 1200. The third-order valence-corrected chi connectivity index (χ3v) is 5.99. The van der Waals surface area contributed by atoms with Crippen LogP contribution in [0.1, 0.15) is 56.9 Å². The second kappa shape index (κ2) is 8.00. The van der Waals surface area contributed by atoms with Crippen LogP contribution >= 0.6 is 0 Å². The molecular weight excluding hydrogens is 436 g/mol. The first-order valence-electron chi connectivity index (χ1n) is 10.9. The molecule has 1 aromatic carbocycles. The Balaban J connectivity index is 1.73. The van der Waals surface area contributed by atoms with Crippen LogP contribution in [0.5, 0.6) is 0 Å². The predicted molar refractivity (Wildman–Crippen MR) is 118 cm³/mol. The highest BCUT2D eigenvalue weighted by Gasteiger charge is 2.36. The summed E-state index contributed by atoms with van der Waals surface area (Å²) in [6, 6.07) is 0.383. The van der Waals surface area contributed by atoms with E-state index in [1.54, 1.807) is 20.8 Å². The average molecular weight is 463 g/mol. The van der Waals surface area contributed by atoms with Crippen LogP contribution in [0.4, 0.5) is 19.3 Å². The number of hydrogen-bond acceptors (Lipinski definition) is 5. The molecule has 2 aliphatic rings. The maximum atomic E-state index is 15.8. The minimum absolute atomic E-state index is 0.0971. The van der Waals surface area contributed by atoms with E-state index in [2.05, 4.69) is 5.32 Å². The third kappa shape index (κ3) is 4.38. The van der Waals surface area contributed by atoms with Crippen LogP contribution in [-0.2, 0) is 4.74 Å². The second-order valence-corrected chi connectivity index (χ2v) is 9.87. The van der Waals surface area contributed by atoms with Gasteiger partial charge in [0.1, 0.15) is 22.7 Å². The third-order valence-electron chi connectivity index (χ3n) is 5.99. The van der Waals surface area contributed by atoms with E-state index < -0.39 is 46.3 Å². The number of anilines is 1. The van der Waals surface area contributed by atoms with Gasteiger partial charge in [0.15, 0.2) is 5.82 Å². The van der Waals surface area contributed by atoms with Gasteiger partial charge in [-0.1, -0.05) is 6.92 Å². The van der Waals surface area contributed by atoms with Gasteiger partial charge in [0.05, 0.1) is 16.9 Å². The maximum Gasteiger partial charge on any atom is 0.407 e. The van der Waals surface area contributed by atoms with Crippen LogP contribution < -0.4 is 15.6 Å². The quantitative estimate of drug-likeness (QED) is 0.718. The lowest BCUT2D eigenvalue weighted by Crippen LogP contribution is -2.42. The molecule has 1 aliphatic heterocycles. The van der Waals surface area contributed by atoms with Crippen molar-refractivity contribution < 1.29 is 28.2 Å². The summed E-state index contributed by atoms with van der Waals surface area (Å²) in [5, 5.41) is 11.8. The van der Waals surface area contributed by atoms with Crippen molar-refractivity contribution >= 4 is 28.7 Å². The van der Waals surface area contributed by atoms with Crippen molar-refractivity contribution in [2.75, 3.05) is 18.0 Å². The number of amides is 1. The predicted octanol–water partition coefficient (Wildman–Crippen LogP) is 3.66. The van der Waals surface area contributed by atoms with Gasteiger partial charge in [-0.2, -0.15) is 0 Å². The molecule has 0 unspecified atom stereocenters. The summed E-state index contributed by atoms with van der Waals surface area (Å²) in [5.74, 6) is -3.42. The highest BCUT2D eigenvalue weighted by Crippen LogP contribution is 2.40. The molecule has 33 heavy (non-hydrogen) atoms. The molecule has 1 aliphatic carbocycles. The number of halogens is 2. The molecule has 0 bridgehead atoms. The van der Waals surface area contributed by atoms with Crippen molar-refractivity contribution in [3.8, 4) is 0 Å². The lowest BCUT2D eigenvalue weighted by atomic mass is 10.1. The van der Waals surface area contributed by atoms with Crippen molar-refractivity contribution in [2.45, 2.75) is 58.2 Å². The first-order chi connectivity index (χ1) is 15.4. The van der Waals surface area contributed by atoms with Crippen molar-refractivity contribution in [2.24, 2.45) is 5.92 Å². The van der Waals surface area contributed by atoms with E-state index >= 15 is 8.78 Å². The Labute approximate surface area is 189 Å². The first-order valence-corrected chi connectivity index (χ1v) is 10.9. The highest BCUT2D eigenvalue weighted by molar-refractivity contribution is 5.94. The molecule has 1 aromatic heterocycles. The number of hydrogen-bond donors (Lipinski definition) is 2. The van der Waals surface area contributed by atoms with Crippen LogP contribution in [0.15, 0.2) is 17.1 Å². The fourth-order valence-electron chi connectivity index (χ4n) is 4.31. The average Bonchev–Trinajstić information content (AvgIpc) is 3.45. The lowest BCUT2D eigenvalue weighted by molar-refractivity contribution is 0.0499. The molecule has 2 aromatic rings. The molecular formula is C23H27F2N3O5. The molecule has 2 heterocycles. The molecule has 178 valence electrons. The van der Waals surface area contributed by atoms with Crippen molar-refractivity contribution in [3.63, 3.8) is 0 Å². The van der Waals surface area contributed by atoms with Gasteiger partial charge in [-0.25, -0.2) is 18.4 Å². The minimum atomic E-state index is -1.44. The number of benzene rings is 1. The number of rotatable bonds is 4. The monoisotopic (exact) mass is 463 g/mol. The summed E-state index contributed by atoms with van der Waals surface area (Å²) in [5.41, 5.74) is -2.50.